The fourth-order valence-electron chi connectivity index (χ4n) is 3.19. The number of allylic oxidation sites excluding steroid dienone is 3. The molecule has 0 heteroatoms. The van der Waals surface area contributed by atoms with Crippen LogP contribution >= 0.6 is 0 Å². The first-order valence-corrected chi connectivity index (χ1v) is 10.8. The van der Waals surface area contributed by atoms with Gasteiger partial charge in [-0.25, -0.2) is 0 Å². The van der Waals surface area contributed by atoms with Crippen molar-refractivity contribution in [1.29, 1.82) is 0 Å². The average molecular weight is 341 g/mol. The Morgan fingerprint density at radius 3 is 1.68 bits per heavy atom. The van der Waals surface area contributed by atoms with Crippen molar-refractivity contribution in [2.24, 2.45) is 0 Å². The number of unbranched alkanes of at least 4 members (excludes halogenated alkanes) is 13. The number of rotatable bonds is 16. The zero-order valence-corrected chi connectivity index (χ0v) is 16.6. The molecule has 1 aromatic carbocycles. The van der Waals surface area contributed by atoms with E-state index in [1.807, 2.05) is 0 Å². The summed E-state index contributed by atoms with van der Waals surface area (Å²) in [4.78, 5) is 0. The monoisotopic (exact) mass is 340 g/mol. The van der Waals surface area contributed by atoms with E-state index < -0.39 is 0 Å². The first-order valence-electron chi connectivity index (χ1n) is 10.8. The van der Waals surface area contributed by atoms with Crippen LogP contribution in [0.5, 0.6) is 0 Å². The molecule has 0 unspecified atom stereocenters. The van der Waals surface area contributed by atoms with Gasteiger partial charge in [-0.2, -0.15) is 0 Å². The Kier molecular flexibility index (Phi) is 15.2. The number of hydrogen-bond donors (Lipinski definition) is 0. The van der Waals surface area contributed by atoms with Crippen molar-refractivity contribution >= 4 is 6.08 Å². The lowest BCUT2D eigenvalue weighted by molar-refractivity contribution is 0.540. The van der Waals surface area contributed by atoms with Gasteiger partial charge >= 0.3 is 0 Å². The zero-order chi connectivity index (χ0) is 17.8. The molecule has 0 amide bonds. The van der Waals surface area contributed by atoms with Gasteiger partial charge in [0.25, 0.3) is 0 Å². The molecule has 0 N–H and O–H groups in total. The highest BCUT2D eigenvalue weighted by atomic mass is 14.0. The van der Waals surface area contributed by atoms with E-state index >= 15 is 0 Å². The van der Waals surface area contributed by atoms with E-state index in [-0.39, 0.29) is 0 Å². The molecule has 0 aromatic heterocycles. The SMILES string of the molecule is CCCCCCCCCCCCCCC/C=C/C=C/c1ccccc1. The summed E-state index contributed by atoms with van der Waals surface area (Å²) < 4.78 is 0. The predicted octanol–water partition coefficient (Wildman–Crippen LogP) is 8.74. The van der Waals surface area contributed by atoms with Gasteiger partial charge < -0.3 is 0 Å². The predicted molar refractivity (Wildman–Crippen MR) is 115 cm³/mol. The van der Waals surface area contributed by atoms with E-state index in [2.05, 4.69) is 61.6 Å². The molecule has 0 radical (unpaired) electrons. The lowest BCUT2D eigenvalue weighted by atomic mass is 10.0. The molecule has 1 rings (SSSR count). The highest BCUT2D eigenvalue weighted by Gasteiger charge is 1.93. The molecular weight excluding hydrogens is 300 g/mol. The summed E-state index contributed by atoms with van der Waals surface area (Å²) in [6.45, 7) is 2.29. The average Bonchev–Trinajstić information content (AvgIpc) is 2.65. The molecule has 0 aliphatic heterocycles. The highest BCUT2D eigenvalue weighted by molar-refractivity contribution is 5.50. The second-order valence-corrected chi connectivity index (χ2v) is 7.23. The number of benzene rings is 1. The molecular formula is C25H40. The lowest BCUT2D eigenvalue weighted by Crippen LogP contribution is -1.82. The summed E-state index contributed by atoms with van der Waals surface area (Å²) >= 11 is 0. The van der Waals surface area contributed by atoms with Crippen molar-refractivity contribution in [3.8, 4) is 0 Å². The third kappa shape index (κ3) is 14.7. The Hall–Kier alpha value is -1.30. The van der Waals surface area contributed by atoms with Gasteiger partial charge in [0, 0.05) is 0 Å². The fourth-order valence-corrected chi connectivity index (χ4v) is 3.19. The Balaban J connectivity index is 1.80. The minimum Gasteiger partial charge on any atom is -0.0845 e. The van der Waals surface area contributed by atoms with E-state index in [0.29, 0.717) is 0 Å². The van der Waals surface area contributed by atoms with Crippen LogP contribution in [0.4, 0.5) is 0 Å². The van der Waals surface area contributed by atoms with Crippen molar-refractivity contribution in [3.63, 3.8) is 0 Å². The van der Waals surface area contributed by atoms with Gasteiger partial charge in [-0.15, -0.1) is 0 Å². The normalized spacial score (nSPS) is 11.7. The molecule has 0 saturated heterocycles. The summed E-state index contributed by atoms with van der Waals surface area (Å²) in [6.07, 6.45) is 28.6. The molecule has 0 atom stereocenters. The van der Waals surface area contributed by atoms with E-state index in [9.17, 15) is 0 Å². The highest BCUT2D eigenvalue weighted by Crippen LogP contribution is 2.13. The molecule has 0 aliphatic carbocycles. The Morgan fingerprint density at radius 1 is 0.600 bits per heavy atom. The van der Waals surface area contributed by atoms with Gasteiger partial charge in [0.1, 0.15) is 0 Å². The lowest BCUT2D eigenvalue weighted by Gasteiger charge is -2.02. The molecule has 25 heavy (non-hydrogen) atoms. The Labute approximate surface area is 157 Å². The fraction of sp³-hybridized carbons (Fsp3) is 0.600. The van der Waals surface area contributed by atoms with Gasteiger partial charge in [0.05, 0.1) is 0 Å². The van der Waals surface area contributed by atoms with Gasteiger partial charge in [0.2, 0.25) is 0 Å². The summed E-state index contributed by atoms with van der Waals surface area (Å²) in [5.74, 6) is 0. The van der Waals surface area contributed by atoms with Crippen LogP contribution in [0, 0.1) is 0 Å². The van der Waals surface area contributed by atoms with Crippen molar-refractivity contribution < 1.29 is 0 Å². The van der Waals surface area contributed by atoms with Crippen molar-refractivity contribution in [2.45, 2.75) is 96.8 Å². The van der Waals surface area contributed by atoms with Gasteiger partial charge in [-0.1, -0.05) is 139 Å². The first-order chi connectivity index (χ1) is 12.4. The van der Waals surface area contributed by atoms with E-state index in [0.717, 1.165) is 0 Å². The summed E-state index contributed by atoms with van der Waals surface area (Å²) in [5, 5.41) is 0. The van der Waals surface area contributed by atoms with E-state index in [1.165, 1.54) is 95.5 Å². The summed E-state index contributed by atoms with van der Waals surface area (Å²) in [7, 11) is 0. The Bertz CT molecular complexity index is 427. The van der Waals surface area contributed by atoms with Crippen LogP contribution in [0.15, 0.2) is 48.6 Å². The molecule has 0 spiro atoms. The quantitative estimate of drug-likeness (QED) is 0.208. The summed E-state index contributed by atoms with van der Waals surface area (Å²) in [5.41, 5.74) is 1.27. The number of hydrogen-bond acceptors (Lipinski definition) is 0. The van der Waals surface area contributed by atoms with Crippen molar-refractivity contribution in [3.05, 3.63) is 54.1 Å². The van der Waals surface area contributed by atoms with Crippen LogP contribution in [0.2, 0.25) is 0 Å². The maximum absolute atomic E-state index is 2.30. The Morgan fingerprint density at radius 2 is 1.12 bits per heavy atom. The van der Waals surface area contributed by atoms with Crippen LogP contribution in [0.3, 0.4) is 0 Å². The molecule has 0 heterocycles. The summed E-state index contributed by atoms with van der Waals surface area (Å²) in [6, 6.07) is 10.5. The minimum absolute atomic E-state index is 1.22. The molecule has 140 valence electrons. The molecule has 0 nitrogen and oxygen atoms in total. The largest absolute Gasteiger partial charge is 0.0845 e. The van der Waals surface area contributed by atoms with Crippen LogP contribution < -0.4 is 0 Å². The van der Waals surface area contributed by atoms with Gasteiger partial charge in [-0.05, 0) is 18.4 Å². The smallest absolute Gasteiger partial charge is 0.0257 e. The molecule has 0 fully saturated rings. The first kappa shape index (κ1) is 21.7. The van der Waals surface area contributed by atoms with Crippen LogP contribution in [0.1, 0.15) is 102 Å². The molecule has 0 saturated carbocycles. The topological polar surface area (TPSA) is 0 Å². The zero-order valence-electron chi connectivity index (χ0n) is 16.6. The van der Waals surface area contributed by atoms with Crippen LogP contribution in [-0.4, -0.2) is 0 Å². The van der Waals surface area contributed by atoms with E-state index in [4.69, 9.17) is 0 Å². The van der Waals surface area contributed by atoms with Crippen LogP contribution in [-0.2, 0) is 0 Å². The maximum Gasteiger partial charge on any atom is -0.0257 e. The molecule has 0 aliphatic rings. The van der Waals surface area contributed by atoms with Crippen molar-refractivity contribution in [2.75, 3.05) is 0 Å². The van der Waals surface area contributed by atoms with Crippen LogP contribution in [0.25, 0.3) is 6.08 Å². The van der Waals surface area contributed by atoms with Crippen molar-refractivity contribution in [1.82, 2.24) is 0 Å². The molecule has 0 bridgehead atoms. The third-order valence-electron chi connectivity index (χ3n) is 4.81. The van der Waals surface area contributed by atoms with Gasteiger partial charge in [0.15, 0.2) is 0 Å². The van der Waals surface area contributed by atoms with Gasteiger partial charge in [-0.3, -0.25) is 0 Å². The molecule has 1 aromatic rings. The second-order valence-electron chi connectivity index (χ2n) is 7.23. The standard InChI is InChI=1S/C25H40/c1-2-3-4-5-6-7-8-9-10-11-12-13-14-15-16-17-19-22-25-23-20-18-21-24-25/h16-24H,2-15H2,1H3/b17-16+,22-19+. The second kappa shape index (κ2) is 17.5. The minimum atomic E-state index is 1.22. The maximum atomic E-state index is 2.30. The van der Waals surface area contributed by atoms with E-state index in [1.54, 1.807) is 0 Å². The third-order valence-corrected chi connectivity index (χ3v) is 4.81.